The third-order valence-corrected chi connectivity index (χ3v) is 2.82. The van der Waals surface area contributed by atoms with E-state index in [-0.39, 0.29) is 11.2 Å². The first kappa shape index (κ1) is 15.2. The molecule has 0 saturated heterocycles. The zero-order valence-corrected chi connectivity index (χ0v) is 11.7. The van der Waals surface area contributed by atoms with Gasteiger partial charge in [0.15, 0.2) is 0 Å². The first-order valence-corrected chi connectivity index (χ1v) is 6.14. The summed E-state index contributed by atoms with van der Waals surface area (Å²) >= 11 is 6.05. The van der Waals surface area contributed by atoms with Crippen molar-refractivity contribution in [3.05, 3.63) is 29.6 Å². The molecule has 1 rings (SSSR count). The maximum atomic E-state index is 13.7. The van der Waals surface area contributed by atoms with Crippen molar-refractivity contribution in [1.82, 2.24) is 4.90 Å². The summed E-state index contributed by atoms with van der Waals surface area (Å²) in [5, 5.41) is -0.0960. The minimum Gasteiger partial charge on any atom is -0.497 e. The van der Waals surface area contributed by atoms with E-state index >= 15 is 0 Å². The molecular weight excluding hydrogens is 257 g/mol. The Balaban J connectivity index is 2.56. The molecule has 0 heterocycles. The maximum absolute atomic E-state index is 13.7. The molecule has 0 saturated carbocycles. The van der Waals surface area contributed by atoms with E-state index in [4.69, 9.17) is 21.1 Å². The van der Waals surface area contributed by atoms with Crippen LogP contribution in [0.5, 0.6) is 5.75 Å². The summed E-state index contributed by atoms with van der Waals surface area (Å²) < 4.78 is 23.6. The van der Waals surface area contributed by atoms with Crippen molar-refractivity contribution in [2.75, 3.05) is 34.4 Å². The molecule has 1 aromatic carbocycles. The van der Waals surface area contributed by atoms with E-state index in [0.717, 1.165) is 0 Å². The van der Waals surface area contributed by atoms with Crippen LogP contribution in [0, 0.1) is 5.82 Å². The van der Waals surface area contributed by atoms with Crippen molar-refractivity contribution < 1.29 is 13.9 Å². The van der Waals surface area contributed by atoms with Gasteiger partial charge in [0.25, 0.3) is 0 Å². The van der Waals surface area contributed by atoms with Crippen LogP contribution in [0.3, 0.4) is 0 Å². The van der Waals surface area contributed by atoms with Crippen molar-refractivity contribution in [3.8, 4) is 5.75 Å². The van der Waals surface area contributed by atoms with Gasteiger partial charge in [0.2, 0.25) is 0 Å². The Kier molecular flexibility index (Phi) is 6.39. The van der Waals surface area contributed by atoms with Gasteiger partial charge >= 0.3 is 0 Å². The maximum Gasteiger partial charge on any atom is 0.131 e. The zero-order chi connectivity index (χ0) is 13.5. The highest BCUT2D eigenvalue weighted by Crippen LogP contribution is 2.17. The molecule has 1 atom stereocenters. The van der Waals surface area contributed by atoms with E-state index < -0.39 is 0 Å². The molecule has 0 N–H and O–H groups in total. The lowest BCUT2D eigenvalue weighted by Gasteiger charge is -2.20. The van der Waals surface area contributed by atoms with Crippen LogP contribution in [0.2, 0.25) is 0 Å². The Hall–Kier alpha value is -0.840. The fourth-order valence-corrected chi connectivity index (χ4v) is 2.07. The van der Waals surface area contributed by atoms with E-state index in [0.29, 0.717) is 31.0 Å². The summed E-state index contributed by atoms with van der Waals surface area (Å²) in [6.45, 7) is 1.63. The van der Waals surface area contributed by atoms with Gasteiger partial charge in [-0.05, 0) is 13.1 Å². The number of nitrogens with zero attached hydrogens (tertiary/aromatic N) is 1. The molecule has 3 nitrogen and oxygen atoms in total. The minimum absolute atomic E-state index is 0.0960. The van der Waals surface area contributed by atoms with E-state index in [1.165, 1.54) is 13.2 Å². The number of alkyl halides is 1. The third kappa shape index (κ3) is 4.80. The van der Waals surface area contributed by atoms with Crippen LogP contribution in [-0.4, -0.2) is 44.7 Å². The van der Waals surface area contributed by atoms with Crippen molar-refractivity contribution >= 4 is 11.6 Å². The van der Waals surface area contributed by atoms with Crippen molar-refractivity contribution in [2.24, 2.45) is 0 Å². The van der Waals surface area contributed by atoms with Gasteiger partial charge in [0.05, 0.1) is 19.1 Å². The SMILES string of the molecule is COCC(Cl)CN(C)Cc1ccc(OC)cc1F. The highest BCUT2D eigenvalue weighted by atomic mass is 35.5. The van der Waals surface area contributed by atoms with Gasteiger partial charge < -0.3 is 14.4 Å². The molecule has 1 unspecified atom stereocenters. The summed E-state index contributed by atoms with van der Waals surface area (Å²) in [6, 6.07) is 4.86. The number of methoxy groups -OCH3 is 2. The van der Waals surface area contributed by atoms with E-state index in [1.54, 1.807) is 19.2 Å². The lowest BCUT2D eigenvalue weighted by molar-refractivity contribution is 0.181. The molecule has 0 radical (unpaired) electrons. The molecule has 1 aromatic rings. The molecule has 18 heavy (non-hydrogen) atoms. The third-order valence-electron chi connectivity index (χ3n) is 2.56. The normalized spacial score (nSPS) is 12.8. The van der Waals surface area contributed by atoms with E-state index in [2.05, 4.69) is 0 Å². The van der Waals surface area contributed by atoms with E-state index in [9.17, 15) is 4.39 Å². The summed E-state index contributed by atoms with van der Waals surface area (Å²) in [5.74, 6) is 0.257. The molecule has 102 valence electrons. The Morgan fingerprint density at radius 1 is 1.39 bits per heavy atom. The van der Waals surface area contributed by atoms with Crippen LogP contribution in [0.15, 0.2) is 18.2 Å². The van der Waals surface area contributed by atoms with Crippen molar-refractivity contribution in [1.29, 1.82) is 0 Å². The number of hydrogen-bond acceptors (Lipinski definition) is 3. The molecule has 0 amide bonds. The highest BCUT2D eigenvalue weighted by Gasteiger charge is 2.11. The van der Waals surface area contributed by atoms with Crippen molar-refractivity contribution in [2.45, 2.75) is 11.9 Å². The second-order valence-electron chi connectivity index (χ2n) is 4.21. The Bertz CT molecular complexity index is 376. The number of ether oxygens (including phenoxy) is 2. The smallest absolute Gasteiger partial charge is 0.131 e. The van der Waals surface area contributed by atoms with Gasteiger partial charge in [-0.15, -0.1) is 11.6 Å². The minimum atomic E-state index is -0.265. The monoisotopic (exact) mass is 275 g/mol. The summed E-state index contributed by atoms with van der Waals surface area (Å²) in [4.78, 5) is 1.96. The lowest BCUT2D eigenvalue weighted by atomic mass is 10.2. The highest BCUT2D eigenvalue weighted by molar-refractivity contribution is 6.20. The molecule has 0 aliphatic rings. The average Bonchev–Trinajstić information content (AvgIpc) is 2.31. The molecule has 0 aliphatic carbocycles. The Morgan fingerprint density at radius 2 is 2.11 bits per heavy atom. The molecule has 0 bridgehead atoms. The van der Waals surface area contributed by atoms with Crippen LogP contribution in [0.4, 0.5) is 4.39 Å². The predicted molar refractivity (Wildman–Crippen MR) is 70.8 cm³/mol. The number of halogens is 2. The topological polar surface area (TPSA) is 21.7 Å². The quantitative estimate of drug-likeness (QED) is 0.714. The fourth-order valence-electron chi connectivity index (χ4n) is 1.71. The lowest BCUT2D eigenvalue weighted by Crippen LogP contribution is -2.28. The molecule has 0 aliphatic heterocycles. The predicted octanol–water partition coefficient (Wildman–Crippen LogP) is 2.52. The van der Waals surface area contributed by atoms with Gasteiger partial charge in [-0.1, -0.05) is 6.07 Å². The first-order chi connectivity index (χ1) is 8.56. The number of benzene rings is 1. The summed E-state index contributed by atoms with van der Waals surface area (Å²) in [5.41, 5.74) is 0.625. The molecule has 0 fully saturated rings. The molecule has 5 heteroatoms. The van der Waals surface area contributed by atoms with Crippen LogP contribution >= 0.6 is 11.6 Å². The summed E-state index contributed by atoms with van der Waals surface area (Å²) in [7, 11) is 5.02. The van der Waals surface area contributed by atoms with Crippen LogP contribution in [0.25, 0.3) is 0 Å². The number of rotatable bonds is 7. The Labute approximate surface area is 112 Å². The van der Waals surface area contributed by atoms with Gasteiger partial charge in [-0.3, -0.25) is 0 Å². The molecule has 0 spiro atoms. The largest absolute Gasteiger partial charge is 0.497 e. The average molecular weight is 276 g/mol. The molecular formula is C13H19ClFNO2. The zero-order valence-electron chi connectivity index (χ0n) is 11.0. The van der Waals surface area contributed by atoms with E-state index in [1.807, 2.05) is 11.9 Å². The van der Waals surface area contributed by atoms with Crippen molar-refractivity contribution in [3.63, 3.8) is 0 Å². The standard InChI is InChI=1S/C13H19ClFNO2/c1-16(8-11(14)9-17-2)7-10-4-5-12(18-3)6-13(10)15/h4-6,11H,7-9H2,1-3H3. The van der Waals surface area contributed by atoms with Crippen LogP contribution < -0.4 is 4.74 Å². The fraction of sp³-hybridized carbons (Fsp3) is 0.538. The van der Waals surface area contributed by atoms with Crippen LogP contribution in [-0.2, 0) is 11.3 Å². The Morgan fingerprint density at radius 3 is 2.67 bits per heavy atom. The van der Waals surface area contributed by atoms with Gasteiger partial charge in [0.1, 0.15) is 11.6 Å². The second kappa shape index (κ2) is 7.56. The second-order valence-corrected chi connectivity index (χ2v) is 4.82. The molecule has 0 aromatic heterocycles. The summed E-state index contributed by atoms with van der Waals surface area (Å²) in [6.07, 6.45) is 0. The van der Waals surface area contributed by atoms with Crippen LogP contribution in [0.1, 0.15) is 5.56 Å². The number of hydrogen-bond donors (Lipinski definition) is 0. The van der Waals surface area contributed by atoms with Gasteiger partial charge in [-0.2, -0.15) is 0 Å². The van der Waals surface area contributed by atoms with Gasteiger partial charge in [-0.25, -0.2) is 4.39 Å². The van der Waals surface area contributed by atoms with Gasteiger partial charge in [0, 0.05) is 31.8 Å². The first-order valence-electron chi connectivity index (χ1n) is 5.70.